The quantitative estimate of drug-likeness (QED) is 0.541. The van der Waals surface area contributed by atoms with E-state index in [9.17, 15) is 13.2 Å². The fraction of sp³-hybridized carbons (Fsp3) is 0.833. The summed E-state index contributed by atoms with van der Waals surface area (Å²) in [6.45, 7) is 2.50. The van der Waals surface area contributed by atoms with Crippen molar-refractivity contribution >= 4 is 5.71 Å². The van der Waals surface area contributed by atoms with Gasteiger partial charge in [0.2, 0.25) is 5.60 Å². The third-order valence-corrected chi connectivity index (χ3v) is 1.60. The number of alkyl halides is 3. The first-order chi connectivity index (χ1) is 4.85. The van der Waals surface area contributed by atoms with Crippen LogP contribution in [0.3, 0.4) is 0 Å². The van der Waals surface area contributed by atoms with E-state index in [1.165, 1.54) is 6.92 Å². The molecule has 1 rings (SSSR count). The molecule has 1 unspecified atom stereocenters. The van der Waals surface area contributed by atoms with Crippen LogP contribution in [0.2, 0.25) is 0 Å². The Bertz CT molecular complexity index is 198. The average Bonchev–Trinajstić information content (AvgIpc) is 2.10. The summed E-state index contributed by atoms with van der Waals surface area (Å²) < 4.78 is 36.4. The van der Waals surface area contributed by atoms with Crippen molar-refractivity contribution in [3.8, 4) is 0 Å². The van der Waals surface area contributed by atoms with Gasteiger partial charge in [-0.1, -0.05) is 5.16 Å². The second-order valence-corrected chi connectivity index (χ2v) is 2.82. The highest BCUT2D eigenvalue weighted by atomic mass is 19.4. The molecule has 64 valence electrons. The zero-order chi connectivity index (χ0) is 8.70. The summed E-state index contributed by atoms with van der Waals surface area (Å²) in [4.78, 5) is 4.28. The van der Waals surface area contributed by atoms with Crippen LogP contribution in [0.15, 0.2) is 5.16 Å². The summed E-state index contributed by atoms with van der Waals surface area (Å²) in [5.74, 6) is 0. The summed E-state index contributed by atoms with van der Waals surface area (Å²) >= 11 is 0. The van der Waals surface area contributed by atoms with E-state index in [0.29, 0.717) is 5.71 Å². The second kappa shape index (κ2) is 2.12. The first kappa shape index (κ1) is 8.36. The van der Waals surface area contributed by atoms with E-state index in [4.69, 9.17) is 0 Å². The van der Waals surface area contributed by atoms with E-state index in [1.54, 1.807) is 0 Å². The highest BCUT2D eigenvalue weighted by Crippen LogP contribution is 2.39. The maximum atomic E-state index is 12.1. The third-order valence-electron chi connectivity index (χ3n) is 1.60. The molecular weight excluding hydrogens is 159 g/mol. The van der Waals surface area contributed by atoms with Crippen LogP contribution in [0.25, 0.3) is 0 Å². The van der Waals surface area contributed by atoms with Gasteiger partial charge in [0.05, 0.1) is 5.71 Å². The lowest BCUT2D eigenvalue weighted by molar-refractivity contribution is -0.261. The van der Waals surface area contributed by atoms with Crippen molar-refractivity contribution < 1.29 is 18.0 Å². The Morgan fingerprint density at radius 2 is 2.09 bits per heavy atom. The molecule has 1 aliphatic rings. The molecular formula is C6H8F3NO. The van der Waals surface area contributed by atoms with Crippen molar-refractivity contribution in [1.82, 2.24) is 0 Å². The first-order valence-corrected chi connectivity index (χ1v) is 3.13. The third kappa shape index (κ3) is 1.32. The highest BCUT2D eigenvalue weighted by Gasteiger charge is 2.56. The summed E-state index contributed by atoms with van der Waals surface area (Å²) in [5, 5.41) is 3.25. The minimum absolute atomic E-state index is 0.170. The maximum absolute atomic E-state index is 12.1. The standard InChI is InChI=1S/C6H8F3NO/c1-4-3-5(2,11-10-4)6(7,8)9/h3H2,1-2H3. The van der Waals surface area contributed by atoms with Crippen molar-refractivity contribution in [3.63, 3.8) is 0 Å². The van der Waals surface area contributed by atoms with Gasteiger partial charge in [0.15, 0.2) is 0 Å². The minimum atomic E-state index is -4.34. The van der Waals surface area contributed by atoms with Crippen molar-refractivity contribution in [3.05, 3.63) is 0 Å². The van der Waals surface area contributed by atoms with Crippen LogP contribution in [-0.4, -0.2) is 17.5 Å². The fourth-order valence-electron chi connectivity index (χ4n) is 0.883. The van der Waals surface area contributed by atoms with Crippen molar-refractivity contribution in [1.29, 1.82) is 0 Å². The molecule has 1 atom stereocenters. The van der Waals surface area contributed by atoms with Crippen molar-refractivity contribution in [2.24, 2.45) is 5.16 Å². The molecule has 1 heterocycles. The normalized spacial score (nSPS) is 31.5. The summed E-state index contributed by atoms with van der Waals surface area (Å²) in [7, 11) is 0. The van der Waals surface area contributed by atoms with Crippen LogP contribution in [0.1, 0.15) is 20.3 Å². The lowest BCUT2D eigenvalue weighted by Gasteiger charge is -2.23. The van der Waals surface area contributed by atoms with E-state index in [-0.39, 0.29) is 6.42 Å². The Morgan fingerprint density at radius 1 is 1.55 bits per heavy atom. The molecule has 0 bridgehead atoms. The molecule has 11 heavy (non-hydrogen) atoms. The summed E-state index contributed by atoms with van der Waals surface area (Å²) in [5.41, 5.74) is -1.72. The number of halogens is 3. The number of nitrogens with zero attached hydrogens (tertiary/aromatic N) is 1. The molecule has 2 nitrogen and oxygen atoms in total. The monoisotopic (exact) mass is 167 g/mol. The predicted octanol–water partition coefficient (Wildman–Crippen LogP) is 2.10. The van der Waals surface area contributed by atoms with Crippen LogP contribution < -0.4 is 0 Å². The molecule has 0 saturated heterocycles. The van der Waals surface area contributed by atoms with Gasteiger partial charge in [0.25, 0.3) is 0 Å². The van der Waals surface area contributed by atoms with Gasteiger partial charge in [-0.25, -0.2) is 0 Å². The molecule has 1 aliphatic heterocycles. The topological polar surface area (TPSA) is 21.6 Å². The Hall–Kier alpha value is -0.740. The van der Waals surface area contributed by atoms with E-state index in [2.05, 4.69) is 9.99 Å². The highest BCUT2D eigenvalue weighted by molar-refractivity contribution is 5.83. The number of hydrogen-bond donors (Lipinski definition) is 0. The van der Waals surface area contributed by atoms with Crippen LogP contribution >= 0.6 is 0 Å². The number of rotatable bonds is 0. The van der Waals surface area contributed by atoms with E-state index < -0.39 is 11.8 Å². The Labute approximate surface area is 62.0 Å². The van der Waals surface area contributed by atoms with E-state index in [1.807, 2.05) is 0 Å². The van der Waals surface area contributed by atoms with Crippen molar-refractivity contribution in [2.45, 2.75) is 32.0 Å². The maximum Gasteiger partial charge on any atom is 0.431 e. The zero-order valence-electron chi connectivity index (χ0n) is 6.20. The van der Waals surface area contributed by atoms with E-state index in [0.717, 1.165) is 6.92 Å². The number of hydrogen-bond acceptors (Lipinski definition) is 2. The average molecular weight is 167 g/mol. The van der Waals surface area contributed by atoms with Gasteiger partial charge in [0, 0.05) is 6.42 Å². The predicted molar refractivity (Wildman–Crippen MR) is 33.3 cm³/mol. The zero-order valence-corrected chi connectivity index (χ0v) is 6.20. The molecule has 0 spiro atoms. The molecule has 0 aromatic rings. The first-order valence-electron chi connectivity index (χ1n) is 3.13. The SMILES string of the molecule is CC1=NOC(C)(C(F)(F)F)C1. The minimum Gasteiger partial charge on any atom is -0.379 e. The molecule has 5 heteroatoms. The van der Waals surface area contributed by atoms with Crippen LogP contribution in [0.5, 0.6) is 0 Å². The molecule has 0 radical (unpaired) electrons. The van der Waals surface area contributed by atoms with Gasteiger partial charge < -0.3 is 4.84 Å². The molecule has 0 aliphatic carbocycles. The van der Waals surface area contributed by atoms with E-state index >= 15 is 0 Å². The van der Waals surface area contributed by atoms with Crippen molar-refractivity contribution in [2.75, 3.05) is 0 Å². The van der Waals surface area contributed by atoms with Crippen LogP contribution in [0.4, 0.5) is 13.2 Å². The lowest BCUT2D eigenvalue weighted by atomic mass is 10.0. The summed E-state index contributed by atoms with van der Waals surface area (Å²) in [6.07, 6.45) is -4.51. The largest absolute Gasteiger partial charge is 0.431 e. The molecule has 0 N–H and O–H groups in total. The van der Waals surface area contributed by atoms with Gasteiger partial charge in [0.1, 0.15) is 0 Å². The second-order valence-electron chi connectivity index (χ2n) is 2.82. The molecule has 0 aromatic heterocycles. The summed E-state index contributed by atoms with van der Waals surface area (Å²) in [6, 6.07) is 0. The van der Waals surface area contributed by atoms with Gasteiger partial charge in [-0.05, 0) is 13.8 Å². The smallest absolute Gasteiger partial charge is 0.379 e. The van der Waals surface area contributed by atoms with Crippen LogP contribution in [-0.2, 0) is 4.84 Å². The Kier molecular flexibility index (Phi) is 1.61. The Balaban J connectivity index is 2.74. The lowest BCUT2D eigenvalue weighted by Crippen LogP contribution is -2.42. The number of oxime groups is 1. The molecule has 0 fully saturated rings. The fourth-order valence-corrected chi connectivity index (χ4v) is 0.883. The molecule has 0 amide bonds. The molecule has 0 aromatic carbocycles. The van der Waals surface area contributed by atoms with Gasteiger partial charge in [-0.2, -0.15) is 13.2 Å². The van der Waals surface area contributed by atoms with Crippen LogP contribution in [0, 0.1) is 0 Å². The Morgan fingerprint density at radius 3 is 2.27 bits per heavy atom. The van der Waals surface area contributed by atoms with Gasteiger partial charge in [-0.3, -0.25) is 0 Å². The van der Waals surface area contributed by atoms with Gasteiger partial charge >= 0.3 is 6.18 Å². The molecule has 0 saturated carbocycles. The van der Waals surface area contributed by atoms with Gasteiger partial charge in [-0.15, -0.1) is 0 Å².